The summed E-state index contributed by atoms with van der Waals surface area (Å²) in [6.45, 7) is 0. The standard InChI is InChI=1S/C25H15FN2O4/c26-18-9-6-15(7-10-18)23-17(14-28(27-23)19-4-2-1-3-5-19)13-22-24(29)20-12-16(25(30)31)8-11-21(20)32-22/h1-14H,(H,30,31). The lowest BCUT2D eigenvalue weighted by Gasteiger charge is -2.01. The monoisotopic (exact) mass is 426 g/mol. The van der Waals surface area contributed by atoms with Crippen molar-refractivity contribution in [1.29, 1.82) is 0 Å². The van der Waals surface area contributed by atoms with E-state index in [1.807, 2.05) is 30.3 Å². The zero-order valence-corrected chi connectivity index (χ0v) is 16.5. The summed E-state index contributed by atoms with van der Waals surface area (Å²) in [6.07, 6.45) is 3.32. The van der Waals surface area contributed by atoms with Gasteiger partial charge in [0.25, 0.3) is 0 Å². The average Bonchev–Trinajstić information content (AvgIpc) is 3.36. The molecule has 6 nitrogen and oxygen atoms in total. The molecule has 0 amide bonds. The van der Waals surface area contributed by atoms with Crippen LogP contribution in [0.3, 0.4) is 0 Å². The number of Topliss-reactive ketones (excluding diaryl/α,β-unsaturated/α-hetero) is 1. The lowest BCUT2D eigenvalue weighted by molar-refractivity contribution is 0.0697. The van der Waals surface area contributed by atoms with Crippen molar-refractivity contribution in [3.05, 3.63) is 107 Å². The molecule has 1 N–H and O–H groups in total. The number of hydrogen-bond acceptors (Lipinski definition) is 4. The molecule has 1 aromatic heterocycles. The first kappa shape index (κ1) is 19.4. The molecule has 0 saturated carbocycles. The van der Waals surface area contributed by atoms with Crippen LogP contribution in [0.2, 0.25) is 0 Å². The zero-order valence-electron chi connectivity index (χ0n) is 16.5. The number of nitrogens with zero attached hydrogens (tertiary/aromatic N) is 2. The summed E-state index contributed by atoms with van der Waals surface area (Å²) in [4.78, 5) is 24.1. The molecule has 3 aromatic carbocycles. The molecule has 7 heteroatoms. The lowest BCUT2D eigenvalue weighted by atomic mass is 10.0. The Balaban J connectivity index is 1.60. The predicted molar refractivity (Wildman–Crippen MR) is 115 cm³/mol. The molecule has 1 aliphatic rings. The number of benzene rings is 3. The molecule has 0 spiro atoms. The maximum absolute atomic E-state index is 13.4. The number of hydrogen-bond donors (Lipinski definition) is 1. The van der Waals surface area contributed by atoms with E-state index in [1.165, 1.54) is 30.3 Å². The van der Waals surface area contributed by atoms with E-state index < -0.39 is 11.8 Å². The molecule has 4 aromatic rings. The Kier molecular flexibility index (Phi) is 4.63. The van der Waals surface area contributed by atoms with E-state index in [4.69, 9.17) is 4.74 Å². The largest absolute Gasteiger partial charge is 0.478 e. The topological polar surface area (TPSA) is 81.4 Å². The smallest absolute Gasteiger partial charge is 0.335 e. The minimum Gasteiger partial charge on any atom is -0.478 e. The van der Waals surface area contributed by atoms with Gasteiger partial charge in [-0.25, -0.2) is 13.9 Å². The summed E-state index contributed by atoms with van der Waals surface area (Å²) in [7, 11) is 0. The number of carboxylic acids is 1. The minimum atomic E-state index is -1.12. The Bertz CT molecular complexity index is 1390. The summed E-state index contributed by atoms with van der Waals surface area (Å²) in [5.41, 5.74) is 2.81. The van der Waals surface area contributed by atoms with Crippen LogP contribution < -0.4 is 4.74 Å². The van der Waals surface area contributed by atoms with E-state index >= 15 is 0 Å². The third-order valence-electron chi connectivity index (χ3n) is 5.08. The third-order valence-corrected chi connectivity index (χ3v) is 5.08. The van der Waals surface area contributed by atoms with Crippen LogP contribution in [0.25, 0.3) is 23.0 Å². The van der Waals surface area contributed by atoms with Crippen LogP contribution in [0, 0.1) is 5.82 Å². The fraction of sp³-hybridized carbons (Fsp3) is 0. The van der Waals surface area contributed by atoms with E-state index in [-0.39, 0.29) is 22.7 Å². The number of aromatic carboxylic acids is 1. The van der Waals surface area contributed by atoms with Crippen LogP contribution >= 0.6 is 0 Å². The SMILES string of the molecule is O=C(O)c1ccc2c(c1)C(=O)C(=Cc1cn(-c3ccccc3)nc1-c1ccc(F)cc1)O2. The van der Waals surface area contributed by atoms with E-state index in [2.05, 4.69) is 5.10 Å². The Labute approximate surface area is 181 Å². The highest BCUT2D eigenvalue weighted by Crippen LogP contribution is 2.34. The molecule has 1 aliphatic heterocycles. The summed E-state index contributed by atoms with van der Waals surface area (Å²) in [6, 6.07) is 19.5. The van der Waals surface area contributed by atoms with E-state index in [0.29, 0.717) is 22.6 Å². The molecule has 0 radical (unpaired) electrons. The molecule has 0 atom stereocenters. The van der Waals surface area contributed by atoms with Gasteiger partial charge in [0.2, 0.25) is 5.78 Å². The minimum absolute atomic E-state index is 0.00542. The maximum Gasteiger partial charge on any atom is 0.335 e. The van der Waals surface area contributed by atoms with Crippen molar-refractivity contribution < 1.29 is 23.8 Å². The first-order chi connectivity index (χ1) is 15.5. The van der Waals surface area contributed by atoms with Gasteiger partial charge in [-0.05, 0) is 60.7 Å². The van der Waals surface area contributed by atoms with Gasteiger partial charge in [0.05, 0.1) is 16.8 Å². The van der Waals surface area contributed by atoms with Crippen molar-refractivity contribution in [3.8, 4) is 22.7 Å². The highest BCUT2D eigenvalue weighted by molar-refractivity contribution is 6.15. The molecule has 156 valence electrons. The fourth-order valence-electron chi connectivity index (χ4n) is 3.50. The van der Waals surface area contributed by atoms with Crippen LogP contribution in [0.1, 0.15) is 26.3 Å². The predicted octanol–water partition coefficient (Wildman–Crippen LogP) is 4.99. The molecule has 5 rings (SSSR count). The Hall–Kier alpha value is -4.52. The first-order valence-corrected chi connectivity index (χ1v) is 9.72. The second kappa shape index (κ2) is 7.63. The number of fused-ring (bicyclic) bond motifs is 1. The number of carbonyl (C=O) groups is 2. The number of carboxylic acid groups (broad SMARTS) is 1. The molecule has 0 unspecified atom stereocenters. The van der Waals surface area contributed by atoms with Gasteiger partial charge in [0.15, 0.2) is 5.76 Å². The lowest BCUT2D eigenvalue weighted by Crippen LogP contribution is -2.00. The van der Waals surface area contributed by atoms with Crippen LogP contribution in [0.15, 0.2) is 84.8 Å². The van der Waals surface area contributed by atoms with Gasteiger partial charge in [-0.2, -0.15) is 5.10 Å². The number of carbonyl (C=O) groups excluding carboxylic acids is 1. The van der Waals surface area contributed by atoms with Gasteiger partial charge >= 0.3 is 5.97 Å². The van der Waals surface area contributed by atoms with Gasteiger partial charge < -0.3 is 9.84 Å². The second-order valence-electron chi connectivity index (χ2n) is 7.18. The van der Waals surface area contributed by atoms with Crippen LogP contribution in [-0.2, 0) is 0 Å². The number of ketones is 1. The Morgan fingerprint density at radius 1 is 1.03 bits per heavy atom. The van der Waals surface area contributed by atoms with Crippen molar-refractivity contribution >= 4 is 17.8 Å². The average molecular weight is 426 g/mol. The molecule has 2 heterocycles. The first-order valence-electron chi connectivity index (χ1n) is 9.72. The highest BCUT2D eigenvalue weighted by Gasteiger charge is 2.29. The van der Waals surface area contributed by atoms with Crippen LogP contribution in [0.5, 0.6) is 5.75 Å². The van der Waals surface area contributed by atoms with Gasteiger partial charge in [0, 0.05) is 17.3 Å². The van der Waals surface area contributed by atoms with Crippen molar-refractivity contribution in [2.75, 3.05) is 0 Å². The summed E-state index contributed by atoms with van der Waals surface area (Å²) in [5, 5.41) is 13.8. The van der Waals surface area contributed by atoms with Gasteiger partial charge in [0.1, 0.15) is 17.3 Å². The molecule has 32 heavy (non-hydrogen) atoms. The van der Waals surface area contributed by atoms with Crippen LogP contribution in [-0.4, -0.2) is 26.6 Å². The second-order valence-corrected chi connectivity index (χ2v) is 7.18. The fourth-order valence-corrected chi connectivity index (χ4v) is 3.50. The van der Waals surface area contributed by atoms with E-state index in [0.717, 1.165) is 5.69 Å². The van der Waals surface area contributed by atoms with E-state index in [1.54, 1.807) is 29.1 Å². The van der Waals surface area contributed by atoms with Crippen molar-refractivity contribution in [1.82, 2.24) is 9.78 Å². The van der Waals surface area contributed by atoms with Crippen molar-refractivity contribution in [2.45, 2.75) is 0 Å². The normalized spacial score (nSPS) is 13.8. The van der Waals surface area contributed by atoms with Gasteiger partial charge in [-0.15, -0.1) is 0 Å². The summed E-state index contributed by atoms with van der Waals surface area (Å²) in [5.74, 6) is -1.56. The van der Waals surface area contributed by atoms with E-state index in [9.17, 15) is 19.1 Å². The van der Waals surface area contributed by atoms with Gasteiger partial charge in [-0.3, -0.25) is 4.79 Å². The summed E-state index contributed by atoms with van der Waals surface area (Å²) >= 11 is 0. The molecule has 0 bridgehead atoms. The molecule has 0 fully saturated rings. The zero-order chi connectivity index (χ0) is 22.2. The number of halogens is 1. The number of para-hydroxylation sites is 1. The Morgan fingerprint density at radius 2 is 1.78 bits per heavy atom. The number of rotatable bonds is 4. The molecule has 0 aliphatic carbocycles. The number of aromatic nitrogens is 2. The number of ether oxygens (including phenoxy) is 1. The summed E-state index contributed by atoms with van der Waals surface area (Å²) < 4.78 is 20.8. The Morgan fingerprint density at radius 3 is 2.50 bits per heavy atom. The molecular formula is C25H15FN2O4. The number of allylic oxidation sites excluding steroid dienone is 1. The van der Waals surface area contributed by atoms with Gasteiger partial charge in [-0.1, -0.05) is 18.2 Å². The third kappa shape index (κ3) is 3.45. The molecule has 0 saturated heterocycles. The maximum atomic E-state index is 13.4. The highest BCUT2D eigenvalue weighted by atomic mass is 19.1. The quantitative estimate of drug-likeness (QED) is 0.465. The van der Waals surface area contributed by atoms with Crippen molar-refractivity contribution in [3.63, 3.8) is 0 Å². The van der Waals surface area contributed by atoms with Crippen molar-refractivity contribution in [2.24, 2.45) is 0 Å². The van der Waals surface area contributed by atoms with Crippen LogP contribution in [0.4, 0.5) is 4.39 Å². The molecular weight excluding hydrogens is 411 g/mol.